The maximum absolute atomic E-state index is 6.79. The van der Waals surface area contributed by atoms with E-state index < -0.39 is 0 Å². The number of rotatable bonds is 12. The number of nitrogens with zero attached hydrogens (tertiary/aromatic N) is 1. The van der Waals surface area contributed by atoms with E-state index >= 15 is 0 Å². The standard InChI is InChI=1S/C37H39NO5/c1-37(2)26-42-36(38-37)31-20-12-19-30(21-31)33-35(41-24-29-17-10-5-11-18-29)34(40-23-28-15-8-4-9-16-28)32(43-33)25-39-22-27-13-6-3-7-14-27/h3-21,32-35H,22-26H2,1-2H3/t32-,33+,34-,35+/m1/s1. The summed E-state index contributed by atoms with van der Waals surface area (Å²) in [6, 6.07) is 38.8. The van der Waals surface area contributed by atoms with Gasteiger partial charge in [-0.25, -0.2) is 4.99 Å². The molecule has 0 amide bonds. The Morgan fingerprint density at radius 1 is 0.698 bits per heavy atom. The average molecular weight is 578 g/mol. The summed E-state index contributed by atoms with van der Waals surface area (Å²) in [5.41, 5.74) is 4.98. The predicted molar refractivity (Wildman–Crippen MR) is 167 cm³/mol. The second-order valence-electron chi connectivity index (χ2n) is 11.8. The lowest BCUT2D eigenvalue weighted by atomic mass is 9.99. The third kappa shape index (κ3) is 7.59. The van der Waals surface area contributed by atoms with E-state index in [1.807, 2.05) is 66.7 Å². The third-order valence-electron chi connectivity index (χ3n) is 7.70. The SMILES string of the molecule is CC1(C)COC(c2cccc([C@@H]3O[C@H](COCc4ccccc4)[C@@H](OCc4ccccc4)[C@H]3OCc3ccccc3)c2)=N1. The van der Waals surface area contributed by atoms with Crippen molar-refractivity contribution in [3.05, 3.63) is 143 Å². The van der Waals surface area contributed by atoms with Crippen LogP contribution in [0.5, 0.6) is 0 Å². The number of aliphatic imine (C=N–C) groups is 1. The van der Waals surface area contributed by atoms with E-state index in [1.54, 1.807) is 0 Å². The van der Waals surface area contributed by atoms with E-state index in [-0.39, 0.29) is 30.0 Å². The Bertz CT molecular complexity index is 1470. The number of hydrogen-bond acceptors (Lipinski definition) is 6. The van der Waals surface area contributed by atoms with Crippen molar-refractivity contribution in [3.8, 4) is 0 Å². The molecule has 0 radical (unpaired) electrons. The normalized spacial score (nSPS) is 22.7. The van der Waals surface area contributed by atoms with Gasteiger partial charge in [-0.05, 0) is 48.2 Å². The molecule has 0 bridgehead atoms. The molecule has 0 saturated carbocycles. The van der Waals surface area contributed by atoms with Gasteiger partial charge in [0.1, 0.15) is 31.0 Å². The van der Waals surface area contributed by atoms with Gasteiger partial charge in [0.2, 0.25) is 5.90 Å². The van der Waals surface area contributed by atoms with Crippen molar-refractivity contribution in [2.45, 2.75) is 63.6 Å². The Kier molecular flexibility index (Phi) is 9.30. The fourth-order valence-electron chi connectivity index (χ4n) is 5.50. The molecule has 0 N–H and O–H groups in total. The highest BCUT2D eigenvalue weighted by molar-refractivity contribution is 5.95. The van der Waals surface area contributed by atoms with Crippen LogP contribution in [-0.2, 0) is 43.5 Å². The van der Waals surface area contributed by atoms with Crippen LogP contribution in [0.1, 0.15) is 47.8 Å². The van der Waals surface area contributed by atoms with Crippen molar-refractivity contribution < 1.29 is 23.7 Å². The molecule has 6 nitrogen and oxygen atoms in total. The lowest BCUT2D eigenvalue weighted by Crippen LogP contribution is -2.37. The van der Waals surface area contributed by atoms with Gasteiger partial charge in [0.15, 0.2) is 0 Å². The molecule has 2 heterocycles. The lowest BCUT2D eigenvalue weighted by molar-refractivity contribution is -0.0898. The number of ether oxygens (including phenoxy) is 5. The van der Waals surface area contributed by atoms with E-state index in [0.29, 0.717) is 38.9 Å². The molecule has 4 aromatic rings. The Hall–Kier alpha value is -3.81. The predicted octanol–water partition coefficient (Wildman–Crippen LogP) is 7.07. The molecule has 0 aliphatic carbocycles. The van der Waals surface area contributed by atoms with Crippen molar-refractivity contribution in [1.82, 2.24) is 0 Å². The highest BCUT2D eigenvalue weighted by atomic mass is 16.6. The van der Waals surface area contributed by atoms with Gasteiger partial charge in [0, 0.05) is 5.56 Å². The monoisotopic (exact) mass is 577 g/mol. The lowest BCUT2D eigenvalue weighted by Gasteiger charge is -2.25. The molecule has 4 atom stereocenters. The summed E-state index contributed by atoms with van der Waals surface area (Å²) in [5, 5.41) is 0. The first-order chi connectivity index (χ1) is 21.0. The maximum atomic E-state index is 6.79. The third-order valence-corrected chi connectivity index (χ3v) is 7.70. The molecule has 6 heteroatoms. The minimum Gasteiger partial charge on any atom is -0.475 e. The second kappa shape index (κ2) is 13.7. The van der Waals surface area contributed by atoms with Crippen LogP contribution < -0.4 is 0 Å². The summed E-state index contributed by atoms with van der Waals surface area (Å²) in [6.07, 6.45) is -1.43. The highest BCUT2D eigenvalue weighted by Gasteiger charge is 2.47. The zero-order valence-corrected chi connectivity index (χ0v) is 24.8. The van der Waals surface area contributed by atoms with E-state index in [2.05, 4.69) is 62.4 Å². The average Bonchev–Trinajstić information content (AvgIpc) is 3.59. The Labute approximate surface area is 254 Å². The maximum Gasteiger partial charge on any atom is 0.216 e. The van der Waals surface area contributed by atoms with Crippen molar-refractivity contribution in [1.29, 1.82) is 0 Å². The summed E-state index contributed by atoms with van der Waals surface area (Å²) >= 11 is 0. The molecule has 4 aromatic carbocycles. The minimum absolute atomic E-state index is 0.242. The molecule has 2 aliphatic rings. The van der Waals surface area contributed by atoms with Crippen LogP contribution in [0, 0.1) is 0 Å². The van der Waals surface area contributed by atoms with Crippen LogP contribution in [-0.4, -0.2) is 43.0 Å². The van der Waals surface area contributed by atoms with E-state index in [9.17, 15) is 0 Å². The topological polar surface area (TPSA) is 58.5 Å². The molecular formula is C37H39NO5. The molecule has 6 rings (SSSR count). The summed E-state index contributed by atoms with van der Waals surface area (Å²) in [6.45, 7) is 6.47. The summed E-state index contributed by atoms with van der Waals surface area (Å²) in [7, 11) is 0. The van der Waals surface area contributed by atoms with Crippen molar-refractivity contribution >= 4 is 5.90 Å². The molecule has 2 aliphatic heterocycles. The Morgan fingerprint density at radius 2 is 1.28 bits per heavy atom. The van der Waals surface area contributed by atoms with E-state index in [1.165, 1.54) is 0 Å². The van der Waals surface area contributed by atoms with Crippen molar-refractivity contribution in [2.75, 3.05) is 13.2 Å². The van der Waals surface area contributed by atoms with Gasteiger partial charge in [-0.3, -0.25) is 0 Å². The molecule has 0 spiro atoms. The molecular weight excluding hydrogens is 538 g/mol. The van der Waals surface area contributed by atoms with Gasteiger partial charge in [-0.2, -0.15) is 0 Å². The van der Waals surface area contributed by atoms with Crippen molar-refractivity contribution in [3.63, 3.8) is 0 Å². The molecule has 1 saturated heterocycles. The molecule has 222 valence electrons. The van der Waals surface area contributed by atoms with Gasteiger partial charge >= 0.3 is 0 Å². The fourth-order valence-corrected chi connectivity index (χ4v) is 5.50. The van der Waals surface area contributed by atoms with Crippen LogP contribution in [0.15, 0.2) is 120 Å². The first kappa shape index (κ1) is 29.3. The summed E-state index contributed by atoms with van der Waals surface area (Å²) in [4.78, 5) is 4.79. The molecule has 1 fully saturated rings. The Morgan fingerprint density at radius 3 is 1.86 bits per heavy atom. The van der Waals surface area contributed by atoms with E-state index in [0.717, 1.165) is 27.8 Å². The second-order valence-corrected chi connectivity index (χ2v) is 11.8. The van der Waals surface area contributed by atoms with Crippen LogP contribution in [0.2, 0.25) is 0 Å². The van der Waals surface area contributed by atoms with Crippen LogP contribution in [0.3, 0.4) is 0 Å². The largest absolute Gasteiger partial charge is 0.475 e. The van der Waals surface area contributed by atoms with E-state index in [4.69, 9.17) is 28.7 Å². The van der Waals surface area contributed by atoms with Gasteiger partial charge in [0.05, 0.1) is 32.0 Å². The van der Waals surface area contributed by atoms with Gasteiger partial charge in [-0.15, -0.1) is 0 Å². The number of benzene rings is 4. The number of hydrogen-bond donors (Lipinski definition) is 0. The van der Waals surface area contributed by atoms with Gasteiger partial charge in [-0.1, -0.05) is 103 Å². The van der Waals surface area contributed by atoms with Crippen molar-refractivity contribution in [2.24, 2.45) is 4.99 Å². The molecule has 0 unspecified atom stereocenters. The minimum atomic E-state index is -0.371. The van der Waals surface area contributed by atoms with Gasteiger partial charge in [0.25, 0.3) is 0 Å². The smallest absolute Gasteiger partial charge is 0.216 e. The zero-order valence-electron chi connectivity index (χ0n) is 24.8. The molecule has 0 aromatic heterocycles. The zero-order chi connectivity index (χ0) is 29.5. The first-order valence-corrected chi connectivity index (χ1v) is 15.0. The fraction of sp³-hybridized carbons (Fsp3) is 0.324. The van der Waals surface area contributed by atoms with Gasteiger partial charge < -0.3 is 23.7 Å². The van der Waals surface area contributed by atoms with Crippen LogP contribution >= 0.6 is 0 Å². The van der Waals surface area contributed by atoms with Crippen LogP contribution in [0.4, 0.5) is 0 Å². The summed E-state index contributed by atoms with van der Waals surface area (Å²) < 4.78 is 32.3. The van der Waals surface area contributed by atoms with Crippen LogP contribution in [0.25, 0.3) is 0 Å². The summed E-state index contributed by atoms with van der Waals surface area (Å²) in [5.74, 6) is 0.659. The Balaban J connectivity index is 1.28. The quantitative estimate of drug-likeness (QED) is 0.180. The first-order valence-electron chi connectivity index (χ1n) is 15.0. The molecule has 43 heavy (non-hydrogen) atoms. The highest BCUT2D eigenvalue weighted by Crippen LogP contribution is 2.39.